The topological polar surface area (TPSA) is 21.3 Å². The van der Waals surface area contributed by atoms with Crippen molar-refractivity contribution < 1.29 is 9.13 Å². The first-order chi connectivity index (χ1) is 8.65. The van der Waals surface area contributed by atoms with Gasteiger partial charge in [0, 0.05) is 11.6 Å². The molecule has 18 heavy (non-hydrogen) atoms. The predicted molar refractivity (Wildman–Crippen MR) is 74.9 cm³/mol. The van der Waals surface area contributed by atoms with E-state index in [2.05, 4.69) is 28.2 Å². The van der Waals surface area contributed by atoms with Crippen LogP contribution in [-0.4, -0.2) is 13.2 Å². The number of hydrogen-bond donors (Lipinski definition) is 1. The van der Waals surface area contributed by atoms with Gasteiger partial charge in [-0.2, -0.15) is 0 Å². The Morgan fingerprint density at radius 2 is 2.39 bits per heavy atom. The summed E-state index contributed by atoms with van der Waals surface area (Å²) in [5.41, 5.74) is 0.556. The van der Waals surface area contributed by atoms with E-state index in [4.69, 9.17) is 16.3 Å². The van der Waals surface area contributed by atoms with Gasteiger partial charge in [-0.15, -0.1) is 0 Å². The number of halogens is 3. The second-order valence-electron chi connectivity index (χ2n) is 4.39. The monoisotopic (exact) mass is 335 g/mol. The third-order valence-electron chi connectivity index (χ3n) is 3.03. The highest BCUT2D eigenvalue weighted by Gasteiger charge is 2.26. The average Bonchev–Trinajstić information content (AvgIpc) is 2.56. The number of hydrogen-bond acceptors (Lipinski definition) is 2. The molecule has 0 saturated carbocycles. The van der Waals surface area contributed by atoms with Crippen molar-refractivity contribution in [2.75, 3.05) is 13.2 Å². The smallest absolute Gasteiger partial charge is 0.150 e. The molecule has 0 fully saturated rings. The minimum absolute atomic E-state index is 0.0301. The molecule has 0 bridgehead atoms. The normalized spacial score (nSPS) is 19.0. The average molecular weight is 337 g/mol. The maximum atomic E-state index is 14.2. The quantitative estimate of drug-likeness (QED) is 0.823. The summed E-state index contributed by atoms with van der Waals surface area (Å²) in [6, 6.07) is 1.52. The summed E-state index contributed by atoms with van der Waals surface area (Å²) in [5.74, 6) is 0.216. The molecule has 2 rings (SSSR count). The molecule has 1 aliphatic heterocycles. The summed E-state index contributed by atoms with van der Waals surface area (Å²) >= 11 is 9.31. The molecule has 5 heteroatoms. The lowest BCUT2D eigenvalue weighted by Crippen LogP contribution is -2.22. The Bertz CT molecular complexity index is 441. The Labute approximate surface area is 120 Å². The molecule has 1 aromatic rings. The van der Waals surface area contributed by atoms with E-state index in [0.717, 1.165) is 25.8 Å². The number of rotatable bonds is 3. The van der Waals surface area contributed by atoms with Crippen LogP contribution in [0.2, 0.25) is 5.02 Å². The molecule has 1 unspecified atom stereocenters. The van der Waals surface area contributed by atoms with Crippen LogP contribution in [-0.2, 0) is 0 Å². The van der Waals surface area contributed by atoms with Gasteiger partial charge in [0.25, 0.3) is 0 Å². The SMILES string of the molecule is CCCNC1CCCOc2c(Br)cc(Cl)c(F)c21. The minimum atomic E-state index is -0.370. The van der Waals surface area contributed by atoms with Gasteiger partial charge in [-0.1, -0.05) is 18.5 Å². The van der Waals surface area contributed by atoms with Crippen LogP contribution in [0.15, 0.2) is 10.5 Å². The van der Waals surface area contributed by atoms with E-state index < -0.39 is 0 Å². The summed E-state index contributed by atoms with van der Waals surface area (Å²) in [6.07, 6.45) is 2.77. The van der Waals surface area contributed by atoms with Gasteiger partial charge in [0.05, 0.1) is 16.1 Å². The van der Waals surface area contributed by atoms with E-state index in [1.54, 1.807) is 6.07 Å². The molecule has 2 nitrogen and oxygen atoms in total. The van der Waals surface area contributed by atoms with E-state index in [-0.39, 0.29) is 16.9 Å². The van der Waals surface area contributed by atoms with Crippen LogP contribution in [0.4, 0.5) is 4.39 Å². The third kappa shape index (κ3) is 2.81. The zero-order valence-corrected chi connectivity index (χ0v) is 12.6. The molecular formula is C13H16BrClFNO. The molecule has 1 N–H and O–H groups in total. The van der Waals surface area contributed by atoms with Crippen molar-refractivity contribution in [1.82, 2.24) is 5.32 Å². The van der Waals surface area contributed by atoms with Crippen LogP contribution in [0.5, 0.6) is 5.75 Å². The first kappa shape index (κ1) is 14.1. The number of ether oxygens (including phenoxy) is 1. The van der Waals surface area contributed by atoms with Crippen molar-refractivity contribution >= 4 is 27.5 Å². The second kappa shape index (κ2) is 6.22. The standard InChI is InChI=1S/C13H16BrClFNO/c1-2-5-17-10-4-3-6-18-13-8(14)7-9(15)12(16)11(10)13/h7,10,17H,2-6H2,1H3. The largest absolute Gasteiger partial charge is 0.492 e. The molecular weight excluding hydrogens is 321 g/mol. The Morgan fingerprint density at radius 1 is 1.61 bits per heavy atom. The molecule has 0 aromatic heterocycles. The second-order valence-corrected chi connectivity index (χ2v) is 5.66. The highest BCUT2D eigenvalue weighted by molar-refractivity contribution is 9.10. The summed E-state index contributed by atoms with van der Waals surface area (Å²) < 4.78 is 20.6. The summed E-state index contributed by atoms with van der Waals surface area (Å²) in [4.78, 5) is 0. The van der Waals surface area contributed by atoms with Crippen LogP contribution < -0.4 is 10.1 Å². The lowest BCUT2D eigenvalue weighted by molar-refractivity contribution is 0.313. The number of nitrogens with one attached hydrogen (secondary N) is 1. The molecule has 0 saturated heterocycles. The Balaban J connectivity index is 2.44. The lowest BCUT2D eigenvalue weighted by atomic mass is 10.0. The zero-order valence-electron chi connectivity index (χ0n) is 10.2. The van der Waals surface area contributed by atoms with E-state index in [9.17, 15) is 4.39 Å². The molecule has 1 aliphatic rings. The van der Waals surface area contributed by atoms with E-state index in [1.165, 1.54) is 0 Å². The van der Waals surface area contributed by atoms with Crippen molar-refractivity contribution in [3.63, 3.8) is 0 Å². The van der Waals surface area contributed by atoms with Gasteiger partial charge in [-0.05, 0) is 47.8 Å². The summed E-state index contributed by atoms with van der Waals surface area (Å²) in [5, 5.41) is 3.50. The van der Waals surface area contributed by atoms with E-state index in [0.29, 0.717) is 22.4 Å². The Kier molecular flexibility index (Phi) is 4.87. The highest BCUT2D eigenvalue weighted by Crippen LogP contribution is 2.41. The fourth-order valence-electron chi connectivity index (χ4n) is 2.18. The van der Waals surface area contributed by atoms with Crippen molar-refractivity contribution in [2.24, 2.45) is 0 Å². The van der Waals surface area contributed by atoms with Gasteiger partial charge in [0.1, 0.15) is 11.6 Å². The first-order valence-electron chi connectivity index (χ1n) is 6.18. The maximum absolute atomic E-state index is 14.2. The number of fused-ring (bicyclic) bond motifs is 1. The van der Waals surface area contributed by atoms with Crippen molar-refractivity contribution in [3.8, 4) is 5.75 Å². The van der Waals surface area contributed by atoms with E-state index >= 15 is 0 Å². The minimum Gasteiger partial charge on any atom is -0.492 e. The van der Waals surface area contributed by atoms with Gasteiger partial charge in [0.15, 0.2) is 0 Å². The molecule has 0 aliphatic carbocycles. The Hall–Kier alpha value is -0.320. The number of benzene rings is 1. The molecule has 1 atom stereocenters. The third-order valence-corrected chi connectivity index (χ3v) is 3.90. The fraction of sp³-hybridized carbons (Fsp3) is 0.538. The van der Waals surface area contributed by atoms with Crippen LogP contribution in [0.25, 0.3) is 0 Å². The predicted octanol–water partition coefficient (Wildman–Crippen LogP) is 4.45. The first-order valence-corrected chi connectivity index (χ1v) is 7.35. The molecule has 1 heterocycles. The highest BCUT2D eigenvalue weighted by atomic mass is 79.9. The van der Waals surface area contributed by atoms with Gasteiger partial charge >= 0.3 is 0 Å². The summed E-state index contributed by atoms with van der Waals surface area (Å²) in [6.45, 7) is 3.55. The van der Waals surface area contributed by atoms with Gasteiger partial charge in [-0.25, -0.2) is 4.39 Å². The van der Waals surface area contributed by atoms with Gasteiger partial charge in [0.2, 0.25) is 0 Å². The van der Waals surface area contributed by atoms with Gasteiger partial charge < -0.3 is 10.1 Å². The fourth-order valence-corrected chi connectivity index (χ4v) is 3.08. The van der Waals surface area contributed by atoms with Crippen LogP contribution in [0.1, 0.15) is 37.8 Å². The van der Waals surface area contributed by atoms with Crippen molar-refractivity contribution in [2.45, 2.75) is 32.2 Å². The van der Waals surface area contributed by atoms with Crippen LogP contribution in [0, 0.1) is 5.82 Å². The van der Waals surface area contributed by atoms with Crippen molar-refractivity contribution in [1.29, 1.82) is 0 Å². The molecule has 0 amide bonds. The van der Waals surface area contributed by atoms with Crippen molar-refractivity contribution in [3.05, 3.63) is 26.9 Å². The lowest BCUT2D eigenvalue weighted by Gasteiger charge is -2.20. The Morgan fingerprint density at radius 3 is 3.11 bits per heavy atom. The van der Waals surface area contributed by atoms with E-state index in [1.807, 2.05) is 0 Å². The zero-order chi connectivity index (χ0) is 13.1. The van der Waals surface area contributed by atoms with Gasteiger partial charge in [-0.3, -0.25) is 0 Å². The summed E-state index contributed by atoms with van der Waals surface area (Å²) in [7, 11) is 0. The molecule has 0 spiro atoms. The molecule has 1 aromatic carbocycles. The molecule has 0 radical (unpaired) electrons. The molecule has 100 valence electrons. The van der Waals surface area contributed by atoms with Crippen LogP contribution >= 0.6 is 27.5 Å². The maximum Gasteiger partial charge on any atom is 0.150 e. The van der Waals surface area contributed by atoms with Crippen LogP contribution in [0.3, 0.4) is 0 Å².